The number of aliphatic imine (C=N–C) groups is 1. The van der Waals surface area contributed by atoms with Gasteiger partial charge in [-0.05, 0) is 12.5 Å². The minimum absolute atomic E-state index is 0.0497. The normalized spacial score (nSPS) is 11.0. The van der Waals surface area contributed by atoms with Crippen molar-refractivity contribution in [1.29, 1.82) is 0 Å². The molecule has 1 N–H and O–H groups in total. The SMILES string of the molecule is CSC(=N/C(=C/N(C)C)C(=O)O)SC. The van der Waals surface area contributed by atoms with E-state index in [0.29, 0.717) is 0 Å². The largest absolute Gasteiger partial charge is 0.476 e. The molecule has 0 radical (unpaired) electrons. The van der Waals surface area contributed by atoms with E-state index in [1.807, 2.05) is 12.5 Å². The third-order valence-corrected chi connectivity index (χ3v) is 3.04. The van der Waals surface area contributed by atoms with Crippen LogP contribution in [0.25, 0.3) is 0 Å². The first-order valence-corrected chi connectivity index (χ1v) is 6.24. The van der Waals surface area contributed by atoms with Crippen molar-refractivity contribution >= 4 is 33.9 Å². The molecule has 4 nitrogen and oxygen atoms in total. The van der Waals surface area contributed by atoms with Gasteiger partial charge in [-0.2, -0.15) is 0 Å². The van der Waals surface area contributed by atoms with Crippen molar-refractivity contribution < 1.29 is 9.90 Å². The summed E-state index contributed by atoms with van der Waals surface area (Å²) in [6, 6.07) is 0. The molecule has 80 valence electrons. The second-order valence-electron chi connectivity index (χ2n) is 2.57. The quantitative estimate of drug-likeness (QED) is 0.456. The average Bonchev–Trinajstić information content (AvgIpc) is 2.11. The molecule has 0 fully saturated rings. The Morgan fingerprint density at radius 1 is 1.36 bits per heavy atom. The van der Waals surface area contributed by atoms with Crippen molar-refractivity contribution in [2.75, 3.05) is 26.6 Å². The first kappa shape index (κ1) is 13.4. The molecule has 0 aliphatic carbocycles. The Kier molecular flexibility index (Phi) is 6.48. The topological polar surface area (TPSA) is 52.9 Å². The minimum Gasteiger partial charge on any atom is -0.476 e. The Hall–Kier alpha value is -0.620. The van der Waals surface area contributed by atoms with Crippen LogP contribution >= 0.6 is 23.5 Å². The maximum atomic E-state index is 10.8. The Morgan fingerprint density at radius 2 is 1.86 bits per heavy atom. The van der Waals surface area contributed by atoms with Crippen LogP contribution in [-0.2, 0) is 4.79 Å². The van der Waals surface area contributed by atoms with Crippen LogP contribution in [0.1, 0.15) is 0 Å². The lowest BCUT2D eigenvalue weighted by molar-refractivity contribution is -0.132. The van der Waals surface area contributed by atoms with Crippen molar-refractivity contribution in [2.45, 2.75) is 0 Å². The van der Waals surface area contributed by atoms with Gasteiger partial charge in [0.05, 0.1) is 0 Å². The summed E-state index contributed by atoms with van der Waals surface area (Å²) in [5, 5.41) is 8.84. The van der Waals surface area contributed by atoms with Gasteiger partial charge in [-0.15, -0.1) is 23.5 Å². The Labute approximate surface area is 92.5 Å². The summed E-state index contributed by atoms with van der Waals surface area (Å²) >= 11 is 2.87. The van der Waals surface area contributed by atoms with Crippen molar-refractivity contribution in [2.24, 2.45) is 4.99 Å². The van der Waals surface area contributed by atoms with Gasteiger partial charge in [-0.25, -0.2) is 9.79 Å². The molecule has 0 bridgehead atoms. The lowest BCUT2D eigenvalue weighted by atomic mass is 10.5. The summed E-state index contributed by atoms with van der Waals surface area (Å²) in [6.45, 7) is 0. The van der Waals surface area contributed by atoms with Crippen LogP contribution in [0.5, 0.6) is 0 Å². The van der Waals surface area contributed by atoms with Crippen molar-refractivity contribution in [3.63, 3.8) is 0 Å². The number of nitrogens with zero attached hydrogens (tertiary/aromatic N) is 2. The molecule has 0 aliphatic heterocycles. The number of hydrogen-bond acceptors (Lipinski definition) is 5. The van der Waals surface area contributed by atoms with Crippen LogP contribution < -0.4 is 0 Å². The third-order valence-electron chi connectivity index (χ3n) is 1.16. The monoisotopic (exact) mass is 234 g/mol. The molecule has 0 aromatic rings. The molecule has 0 unspecified atom stereocenters. The van der Waals surface area contributed by atoms with Crippen LogP contribution in [0.15, 0.2) is 16.9 Å². The Morgan fingerprint density at radius 3 is 2.14 bits per heavy atom. The van der Waals surface area contributed by atoms with Crippen LogP contribution in [0, 0.1) is 0 Å². The van der Waals surface area contributed by atoms with Gasteiger partial charge in [-0.3, -0.25) is 0 Å². The smallest absolute Gasteiger partial charge is 0.356 e. The van der Waals surface area contributed by atoms with Gasteiger partial charge in [0.1, 0.15) is 4.38 Å². The van der Waals surface area contributed by atoms with Gasteiger partial charge in [0.2, 0.25) is 0 Å². The average molecular weight is 234 g/mol. The molecule has 0 heterocycles. The van der Waals surface area contributed by atoms with Crippen LogP contribution in [0.2, 0.25) is 0 Å². The van der Waals surface area contributed by atoms with E-state index in [-0.39, 0.29) is 5.70 Å². The van der Waals surface area contributed by atoms with E-state index in [0.717, 1.165) is 4.38 Å². The number of carboxylic acids is 1. The molecule has 0 atom stereocenters. The number of carboxylic acid groups (broad SMARTS) is 1. The van der Waals surface area contributed by atoms with E-state index in [1.54, 1.807) is 19.0 Å². The molecule has 0 aromatic heterocycles. The second kappa shape index (κ2) is 6.78. The number of rotatable bonds is 3. The van der Waals surface area contributed by atoms with Crippen LogP contribution in [0.4, 0.5) is 0 Å². The highest BCUT2D eigenvalue weighted by Gasteiger charge is 2.07. The molecular formula is C8H14N2O2S2. The minimum atomic E-state index is -1.01. The molecule has 0 saturated heterocycles. The van der Waals surface area contributed by atoms with E-state index < -0.39 is 5.97 Å². The van der Waals surface area contributed by atoms with Crippen molar-refractivity contribution in [1.82, 2.24) is 4.90 Å². The Bertz CT molecular complexity index is 256. The molecule has 0 aromatic carbocycles. The first-order chi connectivity index (χ1) is 6.51. The summed E-state index contributed by atoms with van der Waals surface area (Å²) in [4.78, 5) is 16.5. The fraction of sp³-hybridized carbons (Fsp3) is 0.500. The highest BCUT2D eigenvalue weighted by molar-refractivity contribution is 8.38. The van der Waals surface area contributed by atoms with E-state index in [9.17, 15) is 4.79 Å². The highest BCUT2D eigenvalue weighted by Crippen LogP contribution is 2.14. The maximum Gasteiger partial charge on any atom is 0.356 e. The van der Waals surface area contributed by atoms with Gasteiger partial charge in [0.15, 0.2) is 5.70 Å². The molecular weight excluding hydrogens is 220 g/mol. The van der Waals surface area contributed by atoms with Crippen molar-refractivity contribution in [3.05, 3.63) is 11.9 Å². The maximum absolute atomic E-state index is 10.8. The van der Waals surface area contributed by atoms with Gasteiger partial charge in [0, 0.05) is 20.3 Å². The lowest BCUT2D eigenvalue weighted by Crippen LogP contribution is -2.08. The molecule has 0 spiro atoms. The van der Waals surface area contributed by atoms with Gasteiger partial charge in [0.25, 0.3) is 0 Å². The van der Waals surface area contributed by atoms with Gasteiger partial charge in [-0.1, -0.05) is 0 Å². The Balaban J connectivity index is 4.85. The number of hydrogen-bond donors (Lipinski definition) is 1. The molecule has 14 heavy (non-hydrogen) atoms. The van der Waals surface area contributed by atoms with Crippen molar-refractivity contribution in [3.8, 4) is 0 Å². The summed E-state index contributed by atoms with van der Waals surface area (Å²) in [5.74, 6) is -1.01. The fourth-order valence-corrected chi connectivity index (χ4v) is 1.70. The lowest BCUT2D eigenvalue weighted by Gasteiger charge is -2.06. The highest BCUT2D eigenvalue weighted by atomic mass is 32.2. The molecule has 0 amide bonds. The second-order valence-corrected chi connectivity index (χ2v) is 4.42. The van der Waals surface area contributed by atoms with E-state index >= 15 is 0 Å². The molecule has 0 rings (SSSR count). The number of aliphatic carboxylic acids is 1. The summed E-state index contributed by atoms with van der Waals surface area (Å²) in [7, 11) is 3.52. The molecule has 6 heteroatoms. The zero-order valence-corrected chi connectivity index (χ0v) is 10.3. The third kappa shape index (κ3) is 5.18. The van der Waals surface area contributed by atoms with Gasteiger partial charge >= 0.3 is 5.97 Å². The van der Waals surface area contributed by atoms with E-state index in [1.165, 1.54) is 29.7 Å². The number of carbonyl (C=O) groups is 1. The number of thioether (sulfide) groups is 2. The first-order valence-electron chi connectivity index (χ1n) is 3.79. The van der Waals surface area contributed by atoms with Crippen LogP contribution in [0.3, 0.4) is 0 Å². The molecule has 0 aliphatic rings. The van der Waals surface area contributed by atoms with E-state index in [4.69, 9.17) is 5.11 Å². The van der Waals surface area contributed by atoms with Gasteiger partial charge < -0.3 is 10.0 Å². The standard InChI is InChI=1S/C8H14N2O2S2/c1-10(2)5-6(7(11)12)9-8(13-3)14-4/h5H,1-4H3,(H,11,12)/b6-5+. The summed E-state index contributed by atoms with van der Waals surface area (Å²) in [5.41, 5.74) is 0.0497. The molecule has 0 saturated carbocycles. The van der Waals surface area contributed by atoms with Crippen LogP contribution in [-0.4, -0.2) is 47.0 Å². The summed E-state index contributed by atoms with van der Waals surface area (Å²) < 4.78 is 0.737. The predicted molar refractivity (Wildman–Crippen MR) is 63.9 cm³/mol. The fourth-order valence-electron chi connectivity index (χ4n) is 0.649. The zero-order valence-electron chi connectivity index (χ0n) is 8.64. The predicted octanol–water partition coefficient (Wildman–Crippen LogP) is 1.56. The summed E-state index contributed by atoms with van der Waals surface area (Å²) in [6.07, 6.45) is 5.21. The zero-order chi connectivity index (χ0) is 11.1. The van der Waals surface area contributed by atoms with E-state index in [2.05, 4.69) is 4.99 Å².